The Bertz CT molecular complexity index is 314. The summed E-state index contributed by atoms with van der Waals surface area (Å²) in [5, 5.41) is 6.97. The molecule has 0 aliphatic carbocycles. The van der Waals surface area contributed by atoms with E-state index in [4.69, 9.17) is 11.1 Å². The molecule has 3 N–H and O–H groups in total. The first kappa shape index (κ1) is 13.8. The van der Waals surface area contributed by atoms with Gasteiger partial charge in [-0.25, -0.2) is 0 Å². The minimum absolute atomic E-state index is 0.0338. The smallest absolute Gasteiger partial charge is 0.308 e. The van der Waals surface area contributed by atoms with Crippen molar-refractivity contribution in [1.29, 1.82) is 5.41 Å². The number of carbonyl (C=O) groups excluding carboxylic acids is 2. The number of nitrogens with one attached hydrogen (secondary N) is 1. The second kappa shape index (κ2) is 6.48. The summed E-state index contributed by atoms with van der Waals surface area (Å²) in [6.45, 7) is 1.13. The van der Waals surface area contributed by atoms with Crippen molar-refractivity contribution in [1.82, 2.24) is 4.90 Å². The van der Waals surface area contributed by atoms with Crippen LogP contribution in [0.25, 0.3) is 0 Å². The Morgan fingerprint density at radius 1 is 1.47 bits per heavy atom. The van der Waals surface area contributed by atoms with E-state index >= 15 is 0 Å². The van der Waals surface area contributed by atoms with E-state index in [1.54, 1.807) is 4.90 Å². The van der Waals surface area contributed by atoms with Crippen LogP contribution in [0.5, 0.6) is 0 Å². The summed E-state index contributed by atoms with van der Waals surface area (Å²) < 4.78 is 4.67. The van der Waals surface area contributed by atoms with Crippen molar-refractivity contribution < 1.29 is 14.3 Å². The molecule has 1 saturated heterocycles. The van der Waals surface area contributed by atoms with Crippen LogP contribution in [0.2, 0.25) is 0 Å². The molecule has 1 aliphatic heterocycles. The quantitative estimate of drug-likeness (QED) is 0.423. The molecule has 0 radical (unpaired) electrons. The van der Waals surface area contributed by atoms with Crippen LogP contribution in [-0.4, -0.2) is 47.9 Å². The summed E-state index contributed by atoms with van der Waals surface area (Å²) in [6.07, 6.45) is 1.28. The number of rotatable bonds is 3. The fourth-order valence-electron chi connectivity index (χ4n) is 1.76. The highest BCUT2D eigenvalue weighted by Crippen LogP contribution is 2.19. The Labute approximate surface area is 104 Å². The second-order valence-electron chi connectivity index (χ2n) is 3.83. The molecular weight excluding hydrogens is 242 g/mol. The molecule has 1 rings (SSSR count). The molecule has 17 heavy (non-hydrogen) atoms. The predicted molar refractivity (Wildman–Crippen MR) is 65.7 cm³/mol. The average molecular weight is 259 g/mol. The van der Waals surface area contributed by atoms with Crippen molar-refractivity contribution in [3.8, 4) is 0 Å². The van der Waals surface area contributed by atoms with Gasteiger partial charge in [0.25, 0.3) is 0 Å². The number of nitrogens with two attached hydrogens (primary N) is 1. The largest absolute Gasteiger partial charge is 0.469 e. The van der Waals surface area contributed by atoms with Crippen LogP contribution in [0.1, 0.15) is 12.8 Å². The molecule has 1 aliphatic rings. The zero-order valence-corrected chi connectivity index (χ0v) is 10.6. The maximum Gasteiger partial charge on any atom is 0.308 e. The summed E-state index contributed by atoms with van der Waals surface area (Å²) in [7, 11) is 1.38. The van der Waals surface area contributed by atoms with Crippen LogP contribution in [0.4, 0.5) is 0 Å². The Kier molecular flexibility index (Phi) is 5.27. The summed E-state index contributed by atoms with van der Waals surface area (Å²) in [5.74, 6) is -0.133. The highest BCUT2D eigenvalue weighted by Gasteiger charge is 2.27. The van der Waals surface area contributed by atoms with Crippen molar-refractivity contribution in [3.05, 3.63) is 0 Å². The number of carbonyl (C=O) groups is 2. The van der Waals surface area contributed by atoms with Crippen molar-refractivity contribution >= 4 is 28.8 Å². The maximum absolute atomic E-state index is 11.7. The minimum atomic E-state index is -0.199. The third-order valence-electron chi connectivity index (χ3n) is 2.73. The van der Waals surface area contributed by atoms with Gasteiger partial charge in [0, 0.05) is 13.1 Å². The standard InChI is InChI=1S/C10H17N3O3S/c1-16-9(15)7-2-4-13(5-3-7)8(14)6-17-10(11)12/h7H,2-6H2,1H3,(H3,11,12). The van der Waals surface area contributed by atoms with Crippen molar-refractivity contribution in [2.24, 2.45) is 11.7 Å². The van der Waals surface area contributed by atoms with Gasteiger partial charge >= 0.3 is 5.97 Å². The zero-order chi connectivity index (χ0) is 12.8. The third kappa shape index (κ3) is 4.26. The number of ether oxygens (including phenoxy) is 1. The fourth-order valence-corrected chi connectivity index (χ4v) is 2.22. The average Bonchev–Trinajstić information content (AvgIpc) is 2.35. The number of hydrogen-bond acceptors (Lipinski definition) is 5. The van der Waals surface area contributed by atoms with Crippen molar-refractivity contribution in [2.45, 2.75) is 12.8 Å². The summed E-state index contributed by atoms with van der Waals surface area (Å²) in [6, 6.07) is 0. The fraction of sp³-hybridized carbons (Fsp3) is 0.700. The summed E-state index contributed by atoms with van der Waals surface area (Å²) in [5.41, 5.74) is 5.16. The number of esters is 1. The zero-order valence-electron chi connectivity index (χ0n) is 9.77. The molecule has 0 spiro atoms. The lowest BCUT2D eigenvalue weighted by atomic mass is 9.97. The van der Waals surface area contributed by atoms with E-state index in [-0.39, 0.29) is 28.7 Å². The molecule has 0 bridgehead atoms. The van der Waals surface area contributed by atoms with Gasteiger partial charge < -0.3 is 15.4 Å². The molecular formula is C10H17N3O3S. The Balaban J connectivity index is 2.33. The van der Waals surface area contributed by atoms with Crippen LogP contribution in [0.15, 0.2) is 0 Å². The lowest BCUT2D eigenvalue weighted by Gasteiger charge is -2.30. The topological polar surface area (TPSA) is 96.5 Å². The molecule has 0 aromatic rings. The van der Waals surface area contributed by atoms with Crippen molar-refractivity contribution in [2.75, 3.05) is 26.0 Å². The summed E-state index contributed by atoms with van der Waals surface area (Å²) in [4.78, 5) is 24.7. The van der Waals surface area contributed by atoms with Crippen LogP contribution in [-0.2, 0) is 14.3 Å². The molecule has 0 saturated carbocycles. The van der Waals surface area contributed by atoms with Gasteiger partial charge in [0.05, 0.1) is 18.8 Å². The molecule has 6 nitrogen and oxygen atoms in total. The molecule has 1 fully saturated rings. The molecule has 1 amide bonds. The lowest BCUT2D eigenvalue weighted by Crippen LogP contribution is -2.41. The third-order valence-corrected chi connectivity index (χ3v) is 3.44. The lowest BCUT2D eigenvalue weighted by molar-refractivity contribution is -0.148. The van der Waals surface area contributed by atoms with E-state index in [9.17, 15) is 9.59 Å². The van der Waals surface area contributed by atoms with E-state index in [1.165, 1.54) is 7.11 Å². The number of hydrogen-bond donors (Lipinski definition) is 2. The number of amides is 1. The highest BCUT2D eigenvalue weighted by atomic mass is 32.2. The maximum atomic E-state index is 11.7. The normalized spacial score (nSPS) is 16.6. The first-order valence-electron chi connectivity index (χ1n) is 5.37. The van der Waals surface area contributed by atoms with Gasteiger partial charge in [0.15, 0.2) is 5.17 Å². The monoisotopic (exact) mass is 259 g/mol. The highest BCUT2D eigenvalue weighted by molar-refractivity contribution is 8.14. The number of thioether (sulfide) groups is 1. The van der Waals surface area contributed by atoms with E-state index in [2.05, 4.69) is 4.74 Å². The van der Waals surface area contributed by atoms with Gasteiger partial charge in [0.2, 0.25) is 5.91 Å². The number of piperidine rings is 1. The molecule has 96 valence electrons. The molecule has 0 unspecified atom stereocenters. The van der Waals surface area contributed by atoms with Gasteiger partial charge in [0.1, 0.15) is 0 Å². The second-order valence-corrected chi connectivity index (χ2v) is 4.85. The van der Waals surface area contributed by atoms with E-state index in [0.717, 1.165) is 11.8 Å². The Hall–Kier alpha value is -1.24. The number of nitrogens with zero attached hydrogens (tertiary/aromatic N) is 1. The number of amidine groups is 1. The van der Waals surface area contributed by atoms with Gasteiger partial charge in [-0.15, -0.1) is 0 Å². The number of likely N-dealkylation sites (tertiary alicyclic amines) is 1. The molecule has 0 aromatic carbocycles. The SMILES string of the molecule is COC(=O)C1CCN(C(=O)CSC(=N)N)CC1. The van der Waals surface area contributed by atoms with Crippen LogP contribution < -0.4 is 5.73 Å². The van der Waals surface area contributed by atoms with Crippen LogP contribution >= 0.6 is 11.8 Å². The van der Waals surface area contributed by atoms with Crippen molar-refractivity contribution in [3.63, 3.8) is 0 Å². The Morgan fingerprint density at radius 3 is 2.53 bits per heavy atom. The first-order valence-corrected chi connectivity index (χ1v) is 6.35. The van der Waals surface area contributed by atoms with Gasteiger partial charge in [-0.05, 0) is 12.8 Å². The van der Waals surface area contributed by atoms with Gasteiger partial charge in [-0.3, -0.25) is 15.0 Å². The Morgan fingerprint density at radius 2 is 2.06 bits per heavy atom. The summed E-state index contributed by atoms with van der Waals surface area (Å²) >= 11 is 1.02. The van der Waals surface area contributed by atoms with Gasteiger partial charge in [-0.2, -0.15) is 0 Å². The minimum Gasteiger partial charge on any atom is -0.469 e. The molecule has 7 heteroatoms. The van der Waals surface area contributed by atoms with E-state index in [0.29, 0.717) is 25.9 Å². The first-order chi connectivity index (χ1) is 8.04. The van der Waals surface area contributed by atoms with Crippen LogP contribution in [0.3, 0.4) is 0 Å². The predicted octanol–water partition coefficient (Wildman–Crippen LogP) is 0.0247. The van der Waals surface area contributed by atoms with Crippen LogP contribution in [0, 0.1) is 11.3 Å². The number of methoxy groups -OCH3 is 1. The van der Waals surface area contributed by atoms with Gasteiger partial charge in [-0.1, -0.05) is 11.8 Å². The molecule has 0 aromatic heterocycles. The molecule has 1 heterocycles. The molecule has 0 atom stereocenters. The van der Waals surface area contributed by atoms with E-state index < -0.39 is 0 Å². The van der Waals surface area contributed by atoms with E-state index in [1.807, 2.05) is 0 Å².